The minimum Gasteiger partial charge on any atom is -0.342 e. The molecule has 15 heavy (non-hydrogen) atoms. The van der Waals surface area contributed by atoms with E-state index in [9.17, 15) is 0 Å². The second kappa shape index (κ2) is 8.49. The first kappa shape index (κ1) is 14.2. The number of rotatable bonds is 6. The van der Waals surface area contributed by atoms with Crippen molar-refractivity contribution in [3.05, 3.63) is 0 Å². The van der Waals surface area contributed by atoms with Crippen LogP contribution in [0.15, 0.2) is 4.99 Å². The average molecular weight is 215 g/mol. The molecule has 0 saturated heterocycles. The molecule has 5 nitrogen and oxygen atoms in total. The Morgan fingerprint density at radius 1 is 1.27 bits per heavy atom. The zero-order valence-electron chi connectivity index (χ0n) is 10.5. The van der Waals surface area contributed by atoms with Gasteiger partial charge in [-0.2, -0.15) is 0 Å². The number of nitrogens with zero attached hydrogens (tertiary/aromatic N) is 3. The van der Waals surface area contributed by atoms with Crippen LogP contribution in [0.25, 0.3) is 0 Å². The third kappa shape index (κ3) is 6.30. The number of hydrazine groups is 1. The van der Waals surface area contributed by atoms with Gasteiger partial charge in [-0.15, -0.1) is 0 Å². The molecular formula is C10H25N5. The third-order valence-electron chi connectivity index (χ3n) is 2.15. The molecule has 0 aliphatic carbocycles. The van der Waals surface area contributed by atoms with Gasteiger partial charge >= 0.3 is 0 Å². The molecule has 0 amide bonds. The van der Waals surface area contributed by atoms with Gasteiger partial charge in [0.05, 0.1) is 0 Å². The summed E-state index contributed by atoms with van der Waals surface area (Å²) in [5.74, 6) is 6.22. The SMILES string of the molecule is CCN=C(NN)N(CC)CCCN(C)C. The summed E-state index contributed by atoms with van der Waals surface area (Å²) >= 11 is 0. The van der Waals surface area contributed by atoms with Gasteiger partial charge in [0.1, 0.15) is 0 Å². The molecule has 0 fully saturated rings. The van der Waals surface area contributed by atoms with Crippen molar-refractivity contribution >= 4 is 5.96 Å². The molecule has 0 heterocycles. The van der Waals surface area contributed by atoms with Crippen LogP contribution in [0.5, 0.6) is 0 Å². The summed E-state index contributed by atoms with van der Waals surface area (Å²) in [4.78, 5) is 8.65. The fourth-order valence-corrected chi connectivity index (χ4v) is 1.38. The molecule has 0 unspecified atom stereocenters. The lowest BCUT2D eigenvalue weighted by Crippen LogP contribution is -2.45. The molecule has 0 aromatic heterocycles. The molecule has 0 spiro atoms. The minimum atomic E-state index is 0.754. The van der Waals surface area contributed by atoms with E-state index in [0.29, 0.717) is 0 Å². The Bertz CT molecular complexity index is 179. The summed E-state index contributed by atoms with van der Waals surface area (Å²) in [5.41, 5.74) is 2.65. The van der Waals surface area contributed by atoms with E-state index in [1.807, 2.05) is 6.92 Å². The van der Waals surface area contributed by atoms with Crippen molar-refractivity contribution in [3.63, 3.8) is 0 Å². The van der Waals surface area contributed by atoms with Gasteiger partial charge in [0.2, 0.25) is 5.96 Å². The number of nitrogens with one attached hydrogen (secondary N) is 1. The largest absolute Gasteiger partial charge is 0.342 e. The highest BCUT2D eigenvalue weighted by atomic mass is 15.4. The van der Waals surface area contributed by atoms with Crippen LogP contribution in [0.2, 0.25) is 0 Å². The van der Waals surface area contributed by atoms with E-state index in [1.165, 1.54) is 0 Å². The molecule has 0 atom stereocenters. The maximum atomic E-state index is 5.43. The summed E-state index contributed by atoms with van der Waals surface area (Å²) in [6.45, 7) is 7.86. The Balaban J connectivity index is 4.04. The third-order valence-corrected chi connectivity index (χ3v) is 2.15. The number of hydrogen-bond acceptors (Lipinski definition) is 3. The number of aliphatic imine (C=N–C) groups is 1. The first-order chi connectivity index (χ1) is 7.15. The molecule has 0 aliphatic rings. The maximum absolute atomic E-state index is 5.43. The zero-order chi connectivity index (χ0) is 11.7. The number of guanidine groups is 1. The van der Waals surface area contributed by atoms with Gasteiger partial charge < -0.3 is 9.80 Å². The van der Waals surface area contributed by atoms with E-state index < -0.39 is 0 Å². The fourth-order valence-electron chi connectivity index (χ4n) is 1.38. The van der Waals surface area contributed by atoms with E-state index in [1.54, 1.807) is 0 Å². The van der Waals surface area contributed by atoms with Gasteiger partial charge in [-0.1, -0.05) is 0 Å². The molecule has 0 radical (unpaired) electrons. The molecule has 90 valence electrons. The topological polar surface area (TPSA) is 56.9 Å². The smallest absolute Gasteiger partial charge is 0.208 e. The first-order valence-electron chi connectivity index (χ1n) is 5.56. The normalized spacial score (nSPS) is 12.0. The summed E-state index contributed by atoms with van der Waals surface area (Å²) in [6, 6.07) is 0. The molecule has 3 N–H and O–H groups in total. The fraction of sp³-hybridized carbons (Fsp3) is 0.900. The second-order valence-corrected chi connectivity index (χ2v) is 3.68. The van der Waals surface area contributed by atoms with Crippen molar-refractivity contribution in [1.82, 2.24) is 15.2 Å². The molecule has 0 bridgehead atoms. The predicted molar refractivity (Wildman–Crippen MR) is 65.7 cm³/mol. The van der Waals surface area contributed by atoms with E-state index >= 15 is 0 Å². The zero-order valence-corrected chi connectivity index (χ0v) is 10.5. The summed E-state index contributed by atoms with van der Waals surface area (Å²) in [5, 5.41) is 0. The number of nitrogens with two attached hydrogens (primary N) is 1. The molecule has 5 heteroatoms. The minimum absolute atomic E-state index is 0.754. The average Bonchev–Trinajstić information content (AvgIpc) is 2.21. The van der Waals surface area contributed by atoms with Crippen LogP contribution < -0.4 is 11.3 Å². The van der Waals surface area contributed by atoms with Gasteiger partial charge in [0.25, 0.3) is 0 Å². The molecule has 0 aromatic rings. The van der Waals surface area contributed by atoms with Gasteiger partial charge in [0.15, 0.2) is 0 Å². The van der Waals surface area contributed by atoms with Crippen LogP contribution in [0.3, 0.4) is 0 Å². The number of hydrogen-bond donors (Lipinski definition) is 2. The van der Waals surface area contributed by atoms with Crippen molar-refractivity contribution in [2.45, 2.75) is 20.3 Å². The highest BCUT2D eigenvalue weighted by Crippen LogP contribution is 1.94. The van der Waals surface area contributed by atoms with Crippen LogP contribution in [-0.4, -0.2) is 56.0 Å². The van der Waals surface area contributed by atoms with Gasteiger partial charge in [0, 0.05) is 19.6 Å². The van der Waals surface area contributed by atoms with Crippen molar-refractivity contribution in [1.29, 1.82) is 0 Å². The summed E-state index contributed by atoms with van der Waals surface area (Å²) in [6.07, 6.45) is 1.12. The molecule has 0 saturated carbocycles. The second-order valence-electron chi connectivity index (χ2n) is 3.68. The van der Waals surface area contributed by atoms with Crippen LogP contribution in [0, 0.1) is 0 Å². The maximum Gasteiger partial charge on any atom is 0.208 e. The Morgan fingerprint density at radius 3 is 2.33 bits per heavy atom. The van der Waals surface area contributed by atoms with Crippen LogP contribution in [0.4, 0.5) is 0 Å². The monoisotopic (exact) mass is 215 g/mol. The Hall–Kier alpha value is -0.810. The Kier molecular flexibility index (Phi) is 8.04. The lowest BCUT2D eigenvalue weighted by Gasteiger charge is -2.24. The molecule has 0 aromatic carbocycles. The first-order valence-corrected chi connectivity index (χ1v) is 5.56. The van der Waals surface area contributed by atoms with Crippen LogP contribution in [0.1, 0.15) is 20.3 Å². The van der Waals surface area contributed by atoms with Crippen LogP contribution >= 0.6 is 0 Å². The lowest BCUT2D eigenvalue weighted by molar-refractivity contribution is 0.349. The van der Waals surface area contributed by atoms with Gasteiger partial charge in [-0.05, 0) is 40.9 Å². The highest BCUT2D eigenvalue weighted by molar-refractivity contribution is 5.79. The van der Waals surface area contributed by atoms with E-state index in [-0.39, 0.29) is 0 Å². The molecular weight excluding hydrogens is 190 g/mol. The highest BCUT2D eigenvalue weighted by Gasteiger charge is 2.06. The Labute approximate surface area is 93.3 Å². The van der Waals surface area contributed by atoms with Crippen molar-refractivity contribution in [2.75, 3.05) is 40.3 Å². The van der Waals surface area contributed by atoms with Crippen LogP contribution in [-0.2, 0) is 0 Å². The van der Waals surface area contributed by atoms with E-state index in [2.05, 4.69) is 41.2 Å². The van der Waals surface area contributed by atoms with Gasteiger partial charge in [-0.3, -0.25) is 10.4 Å². The Morgan fingerprint density at radius 2 is 1.93 bits per heavy atom. The van der Waals surface area contributed by atoms with E-state index in [0.717, 1.165) is 38.6 Å². The summed E-state index contributed by atoms with van der Waals surface area (Å²) < 4.78 is 0. The predicted octanol–water partition coefficient (Wildman–Crippen LogP) is 0.0992. The van der Waals surface area contributed by atoms with Crippen molar-refractivity contribution < 1.29 is 0 Å². The van der Waals surface area contributed by atoms with Crippen molar-refractivity contribution in [3.8, 4) is 0 Å². The van der Waals surface area contributed by atoms with Gasteiger partial charge in [-0.25, -0.2) is 5.84 Å². The van der Waals surface area contributed by atoms with E-state index in [4.69, 9.17) is 5.84 Å². The molecule has 0 aliphatic heterocycles. The molecule has 0 rings (SSSR count). The lowest BCUT2D eigenvalue weighted by atomic mass is 10.3. The quantitative estimate of drug-likeness (QED) is 0.285. The standard InChI is InChI=1S/C10H25N5/c1-5-12-10(13-11)15(6-2)9-7-8-14(3)4/h5-9,11H2,1-4H3,(H,12,13). The summed E-state index contributed by atoms with van der Waals surface area (Å²) in [7, 11) is 4.16. The van der Waals surface area contributed by atoms with Crippen molar-refractivity contribution in [2.24, 2.45) is 10.8 Å².